The van der Waals surface area contributed by atoms with Crippen LogP contribution < -0.4 is 0 Å². The molecule has 0 radical (unpaired) electrons. The second-order valence-electron chi connectivity index (χ2n) is 2.90. The third-order valence-corrected chi connectivity index (χ3v) is 7.18. The SMILES string of the molecule is CC[Si](C#CC(=O)O)(CC)CC. The number of rotatable bonds is 3. The Morgan fingerprint density at radius 2 is 1.67 bits per heavy atom. The van der Waals surface area contributed by atoms with Gasteiger partial charge in [-0.05, 0) is 18.1 Å². The maximum atomic E-state index is 10.2. The summed E-state index contributed by atoms with van der Waals surface area (Å²) in [5, 5.41) is 8.41. The molecular weight excluding hydrogens is 168 g/mol. The van der Waals surface area contributed by atoms with Crippen molar-refractivity contribution in [3.05, 3.63) is 0 Å². The average molecular weight is 184 g/mol. The number of hydrogen-bond donors (Lipinski definition) is 1. The lowest BCUT2D eigenvalue weighted by Gasteiger charge is -2.19. The van der Waals surface area contributed by atoms with E-state index in [4.69, 9.17) is 5.11 Å². The zero-order valence-electron chi connectivity index (χ0n) is 7.98. The second-order valence-corrected chi connectivity index (χ2v) is 7.83. The highest BCUT2D eigenvalue weighted by Gasteiger charge is 2.24. The lowest BCUT2D eigenvalue weighted by atomic mass is 10.7. The molecule has 0 bridgehead atoms. The number of hydrogen-bond acceptors (Lipinski definition) is 1. The lowest BCUT2D eigenvalue weighted by Crippen LogP contribution is -2.29. The normalized spacial score (nSPS) is 10.2. The van der Waals surface area contributed by atoms with Gasteiger partial charge in [0, 0.05) is 5.92 Å². The molecule has 0 heterocycles. The zero-order valence-corrected chi connectivity index (χ0v) is 8.98. The van der Waals surface area contributed by atoms with Crippen molar-refractivity contribution in [2.24, 2.45) is 0 Å². The molecule has 0 unspecified atom stereocenters. The Bertz CT molecular complexity index is 200. The molecule has 1 N–H and O–H groups in total. The van der Waals surface area contributed by atoms with Gasteiger partial charge in [0.05, 0.1) is 0 Å². The summed E-state index contributed by atoms with van der Waals surface area (Å²) in [6.07, 6.45) is 0. The minimum absolute atomic E-state index is 0.998. The van der Waals surface area contributed by atoms with E-state index in [9.17, 15) is 4.79 Å². The predicted molar refractivity (Wildman–Crippen MR) is 52.6 cm³/mol. The van der Waals surface area contributed by atoms with Gasteiger partial charge in [-0.15, -0.1) is 5.54 Å². The third-order valence-electron chi connectivity index (χ3n) is 2.46. The summed E-state index contributed by atoms with van der Waals surface area (Å²) >= 11 is 0. The van der Waals surface area contributed by atoms with Crippen LogP contribution in [0.2, 0.25) is 18.1 Å². The molecule has 0 aliphatic heterocycles. The van der Waals surface area contributed by atoms with Gasteiger partial charge >= 0.3 is 5.97 Å². The number of carboxylic acid groups (broad SMARTS) is 1. The molecule has 3 heteroatoms. The van der Waals surface area contributed by atoms with E-state index in [2.05, 4.69) is 32.2 Å². The van der Waals surface area contributed by atoms with E-state index in [1.54, 1.807) is 0 Å². The van der Waals surface area contributed by atoms with Crippen LogP contribution in [-0.2, 0) is 4.79 Å². The molecule has 12 heavy (non-hydrogen) atoms. The minimum Gasteiger partial charge on any atom is -0.472 e. The van der Waals surface area contributed by atoms with E-state index in [0.29, 0.717) is 0 Å². The Morgan fingerprint density at radius 1 is 1.25 bits per heavy atom. The van der Waals surface area contributed by atoms with Crippen LogP contribution in [0.5, 0.6) is 0 Å². The number of carboxylic acids is 1. The Morgan fingerprint density at radius 3 is 1.92 bits per heavy atom. The molecule has 0 saturated heterocycles. The molecule has 0 atom stereocenters. The first kappa shape index (κ1) is 11.2. The van der Waals surface area contributed by atoms with Gasteiger partial charge in [-0.2, -0.15) is 0 Å². The molecule has 0 spiro atoms. The lowest BCUT2D eigenvalue weighted by molar-refractivity contribution is -0.130. The standard InChI is InChI=1S/C9H16O2Si/c1-4-12(5-2,6-3)8-7-9(10)11/h4-6H2,1-3H3,(H,10,11). The van der Waals surface area contributed by atoms with Crippen molar-refractivity contribution in [2.75, 3.05) is 0 Å². The molecular formula is C9H16O2Si. The topological polar surface area (TPSA) is 37.3 Å². The van der Waals surface area contributed by atoms with Crippen molar-refractivity contribution >= 4 is 14.0 Å². The maximum absolute atomic E-state index is 10.2. The number of carbonyl (C=O) groups is 1. The third kappa shape index (κ3) is 3.10. The van der Waals surface area contributed by atoms with E-state index in [1.807, 2.05) is 0 Å². The molecule has 0 amide bonds. The van der Waals surface area contributed by atoms with Crippen LogP contribution >= 0.6 is 0 Å². The Hall–Kier alpha value is -0.753. The molecule has 0 rings (SSSR count). The van der Waals surface area contributed by atoms with Crippen molar-refractivity contribution in [3.8, 4) is 11.5 Å². The summed E-state index contributed by atoms with van der Waals surface area (Å²) in [6, 6.07) is 3.17. The molecule has 2 nitrogen and oxygen atoms in total. The van der Waals surface area contributed by atoms with Crippen LogP contribution in [0.3, 0.4) is 0 Å². The summed E-state index contributed by atoms with van der Waals surface area (Å²) in [7, 11) is -1.52. The average Bonchev–Trinajstić information content (AvgIpc) is 2.08. The number of aliphatic carboxylic acids is 1. The van der Waals surface area contributed by atoms with Crippen molar-refractivity contribution in [3.63, 3.8) is 0 Å². The summed E-state index contributed by atoms with van der Waals surface area (Å²) in [5.74, 6) is 1.27. The fourth-order valence-corrected chi connectivity index (χ4v) is 3.60. The fourth-order valence-electron chi connectivity index (χ4n) is 1.20. The summed E-state index contributed by atoms with van der Waals surface area (Å²) in [5.41, 5.74) is 2.97. The molecule has 0 fully saturated rings. The molecule has 68 valence electrons. The van der Waals surface area contributed by atoms with Gasteiger partial charge in [0.25, 0.3) is 0 Å². The van der Waals surface area contributed by atoms with E-state index >= 15 is 0 Å². The van der Waals surface area contributed by atoms with Gasteiger partial charge in [0.1, 0.15) is 8.07 Å². The van der Waals surface area contributed by atoms with Gasteiger partial charge in [-0.25, -0.2) is 4.79 Å². The van der Waals surface area contributed by atoms with Crippen LogP contribution in [0.25, 0.3) is 0 Å². The predicted octanol–water partition coefficient (Wildman–Crippen LogP) is 2.12. The van der Waals surface area contributed by atoms with Crippen LogP contribution in [0.15, 0.2) is 0 Å². The van der Waals surface area contributed by atoms with Crippen LogP contribution in [0.1, 0.15) is 20.8 Å². The van der Waals surface area contributed by atoms with Crippen molar-refractivity contribution in [1.29, 1.82) is 0 Å². The first-order valence-corrected chi connectivity index (χ1v) is 6.98. The highest BCUT2D eigenvalue weighted by atomic mass is 28.3. The Kier molecular flexibility index (Phi) is 4.68. The Labute approximate surface area is 75.0 Å². The second kappa shape index (κ2) is 4.99. The molecule has 0 saturated carbocycles. The largest absolute Gasteiger partial charge is 0.472 e. The molecule has 0 aromatic rings. The quantitative estimate of drug-likeness (QED) is 0.539. The summed E-state index contributed by atoms with van der Waals surface area (Å²) in [6.45, 7) is 6.32. The van der Waals surface area contributed by atoms with Crippen molar-refractivity contribution in [2.45, 2.75) is 38.9 Å². The molecule has 0 aromatic carbocycles. The van der Waals surface area contributed by atoms with Crippen LogP contribution in [0.4, 0.5) is 0 Å². The van der Waals surface area contributed by atoms with Crippen LogP contribution in [0, 0.1) is 11.5 Å². The fraction of sp³-hybridized carbons (Fsp3) is 0.667. The molecule has 0 aromatic heterocycles. The van der Waals surface area contributed by atoms with Gasteiger partial charge in [0.2, 0.25) is 0 Å². The van der Waals surface area contributed by atoms with Crippen LogP contribution in [-0.4, -0.2) is 19.1 Å². The van der Waals surface area contributed by atoms with E-state index in [1.165, 1.54) is 0 Å². The van der Waals surface area contributed by atoms with E-state index in [-0.39, 0.29) is 0 Å². The first-order chi connectivity index (χ1) is 5.60. The molecule has 0 aliphatic rings. The Balaban J connectivity index is 4.54. The first-order valence-electron chi connectivity index (χ1n) is 4.36. The van der Waals surface area contributed by atoms with Gasteiger partial charge < -0.3 is 5.11 Å². The summed E-state index contributed by atoms with van der Waals surface area (Å²) < 4.78 is 0. The smallest absolute Gasteiger partial charge is 0.381 e. The molecule has 0 aliphatic carbocycles. The van der Waals surface area contributed by atoms with Gasteiger partial charge in [0.15, 0.2) is 0 Å². The van der Waals surface area contributed by atoms with Crippen molar-refractivity contribution in [1.82, 2.24) is 0 Å². The zero-order chi connectivity index (χ0) is 9.61. The van der Waals surface area contributed by atoms with Gasteiger partial charge in [-0.1, -0.05) is 20.8 Å². The van der Waals surface area contributed by atoms with Gasteiger partial charge in [-0.3, -0.25) is 0 Å². The monoisotopic (exact) mass is 184 g/mol. The summed E-state index contributed by atoms with van der Waals surface area (Å²) in [4.78, 5) is 10.2. The van der Waals surface area contributed by atoms with E-state index in [0.717, 1.165) is 18.1 Å². The minimum atomic E-state index is -1.52. The maximum Gasteiger partial charge on any atom is 0.381 e. The van der Waals surface area contributed by atoms with Crippen molar-refractivity contribution < 1.29 is 9.90 Å². The highest BCUT2D eigenvalue weighted by Crippen LogP contribution is 2.18. The highest BCUT2D eigenvalue weighted by molar-refractivity contribution is 6.87. The van der Waals surface area contributed by atoms with E-state index < -0.39 is 14.0 Å².